The predicted octanol–water partition coefficient (Wildman–Crippen LogP) is 4.29. The van der Waals surface area contributed by atoms with Crippen molar-refractivity contribution in [2.24, 2.45) is 0 Å². The Morgan fingerprint density at radius 3 is 2.53 bits per heavy atom. The standard InChI is InChI=1S/C17H27NO/c1-3-15-8-6-5-7-13-18(15)16-11-9-14(10-12-16)17(19)4-2/h9-12,15,17,19H,3-8,13H2,1-2H3/t15?,17-/m1/s1. The Kier molecular flexibility index (Phi) is 5.26. The molecule has 2 atom stereocenters. The Balaban J connectivity index is 2.14. The van der Waals surface area contributed by atoms with E-state index in [0.29, 0.717) is 6.04 Å². The average Bonchev–Trinajstić information content (AvgIpc) is 2.71. The number of hydrogen-bond acceptors (Lipinski definition) is 2. The zero-order valence-corrected chi connectivity index (χ0v) is 12.3. The maximum Gasteiger partial charge on any atom is 0.0787 e. The van der Waals surface area contributed by atoms with Gasteiger partial charge in [0.25, 0.3) is 0 Å². The van der Waals surface area contributed by atoms with Crippen molar-refractivity contribution in [2.45, 2.75) is 64.5 Å². The van der Waals surface area contributed by atoms with Gasteiger partial charge in [0.1, 0.15) is 0 Å². The van der Waals surface area contributed by atoms with Crippen LogP contribution in [0.25, 0.3) is 0 Å². The van der Waals surface area contributed by atoms with Crippen molar-refractivity contribution in [2.75, 3.05) is 11.4 Å². The molecule has 1 fully saturated rings. The molecule has 1 aliphatic heterocycles. The number of nitrogens with zero attached hydrogens (tertiary/aromatic N) is 1. The largest absolute Gasteiger partial charge is 0.388 e. The van der Waals surface area contributed by atoms with Crippen LogP contribution in [-0.4, -0.2) is 17.7 Å². The van der Waals surface area contributed by atoms with E-state index >= 15 is 0 Å². The quantitative estimate of drug-likeness (QED) is 0.874. The van der Waals surface area contributed by atoms with Gasteiger partial charge in [0.2, 0.25) is 0 Å². The van der Waals surface area contributed by atoms with E-state index in [2.05, 4.69) is 36.1 Å². The van der Waals surface area contributed by atoms with Crippen molar-refractivity contribution in [1.29, 1.82) is 0 Å². The van der Waals surface area contributed by atoms with Crippen molar-refractivity contribution < 1.29 is 5.11 Å². The van der Waals surface area contributed by atoms with E-state index in [9.17, 15) is 5.11 Å². The fourth-order valence-corrected chi connectivity index (χ4v) is 3.07. The smallest absolute Gasteiger partial charge is 0.0787 e. The second kappa shape index (κ2) is 6.95. The van der Waals surface area contributed by atoms with E-state index < -0.39 is 0 Å². The Hall–Kier alpha value is -1.02. The summed E-state index contributed by atoms with van der Waals surface area (Å²) < 4.78 is 0. The normalized spacial score (nSPS) is 22.1. The first-order chi connectivity index (χ1) is 9.26. The van der Waals surface area contributed by atoms with Crippen LogP contribution in [0.5, 0.6) is 0 Å². The summed E-state index contributed by atoms with van der Waals surface area (Å²) in [6, 6.07) is 9.22. The second-order valence-electron chi connectivity index (χ2n) is 5.62. The highest BCUT2D eigenvalue weighted by atomic mass is 16.3. The lowest BCUT2D eigenvalue weighted by atomic mass is 10.0. The SMILES string of the molecule is CCC1CCCCCN1c1ccc([C@H](O)CC)cc1. The molecule has 1 aromatic carbocycles. The van der Waals surface area contributed by atoms with Crippen molar-refractivity contribution in [1.82, 2.24) is 0 Å². The molecule has 2 heteroatoms. The minimum absolute atomic E-state index is 0.319. The summed E-state index contributed by atoms with van der Waals surface area (Å²) in [5.74, 6) is 0. The van der Waals surface area contributed by atoms with Gasteiger partial charge in [-0.2, -0.15) is 0 Å². The monoisotopic (exact) mass is 261 g/mol. The molecule has 2 nitrogen and oxygen atoms in total. The molecule has 0 spiro atoms. The van der Waals surface area contributed by atoms with Gasteiger partial charge in [-0.15, -0.1) is 0 Å². The number of rotatable bonds is 4. The molecule has 19 heavy (non-hydrogen) atoms. The molecule has 1 aliphatic rings. The molecule has 1 unspecified atom stereocenters. The first-order valence-electron chi connectivity index (χ1n) is 7.81. The highest BCUT2D eigenvalue weighted by Crippen LogP contribution is 2.27. The number of hydrogen-bond donors (Lipinski definition) is 1. The lowest BCUT2D eigenvalue weighted by molar-refractivity contribution is 0.173. The topological polar surface area (TPSA) is 23.5 Å². The summed E-state index contributed by atoms with van der Waals surface area (Å²) in [7, 11) is 0. The molecule has 0 amide bonds. The maximum atomic E-state index is 9.86. The van der Waals surface area contributed by atoms with E-state index in [-0.39, 0.29) is 6.10 Å². The van der Waals surface area contributed by atoms with Gasteiger partial charge in [-0.25, -0.2) is 0 Å². The summed E-state index contributed by atoms with van der Waals surface area (Å²) in [6.45, 7) is 5.48. The summed E-state index contributed by atoms with van der Waals surface area (Å²) >= 11 is 0. The minimum atomic E-state index is -0.319. The second-order valence-corrected chi connectivity index (χ2v) is 5.62. The van der Waals surface area contributed by atoms with Crippen LogP contribution >= 0.6 is 0 Å². The molecule has 2 rings (SSSR count). The molecular formula is C17H27NO. The Labute approximate surface area is 117 Å². The van der Waals surface area contributed by atoms with E-state index in [1.54, 1.807) is 0 Å². The van der Waals surface area contributed by atoms with Gasteiger partial charge in [0.05, 0.1) is 6.10 Å². The molecule has 0 radical (unpaired) electrons. The lowest BCUT2D eigenvalue weighted by Crippen LogP contribution is -2.34. The van der Waals surface area contributed by atoms with Gasteiger partial charge in [0.15, 0.2) is 0 Å². The molecule has 0 aromatic heterocycles. The van der Waals surface area contributed by atoms with E-state index in [0.717, 1.165) is 12.0 Å². The number of aliphatic hydroxyl groups excluding tert-OH is 1. The highest BCUT2D eigenvalue weighted by Gasteiger charge is 2.19. The summed E-state index contributed by atoms with van der Waals surface area (Å²) in [5.41, 5.74) is 2.36. The molecule has 0 saturated carbocycles. The van der Waals surface area contributed by atoms with Crippen molar-refractivity contribution in [3.8, 4) is 0 Å². The van der Waals surface area contributed by atoms with Crippen LogP contribution in [0.15, 0.2) is 24.3 Å². The van der Waals surface area contributed by atoms with Gasteiger partial charge in [-0.3, -0.25) is 0 Å². The average molecular weight is 261 g/mol. The third-order valence-corrected chi connectivity index (χ3v) is 4.34. The molecule has 1 saturated heterocycles. The number of anilines is 1. The summed E-state index contributed by atoms with van der Waals surface area (Å²) in [6.07, 6.45) is 7.02. The third-order valence-electron chi connectivity index (χ3n) is 4.34. The third kappa shape index (κ3) is 3.50. The molecule has 1 aromatic rings. The molecule has 106 valence electrons. The first kappa shape index (κ1) is 14.4. The van der Waals surface area contributed by atoms with E-state index in [1.165, 1.54) is 44.3 Å². The van der Waals surface area contributed by atoms with Crippen LogP contribution in [0.3, 0.4) is 0 Å². The Morgan fingerprint density at radius 1 is 1.16 bits per heavy atom. The van der Waals surface area contributed by atoms with E-state index in [1.807, 2.05) is 6.92 Å². The highest BCUT2D eigenvalue weighted by molar-refractivity contribution is 5.49. The van der Waals surface area contributed by atoms with Gasteiger partial charge in [0, 0.05) is 18.3 Å². The molecule has 0 aliphatic carbocycles. The lowest BCUT2D eigenvalue weighted by Gasteiger charge is -2.31. The maximum absolute atomic E-state index is 9.86. The zero-order valence-electron chi connectivity index (χ0n) is 12.3. The van der Waals surface area contributed by atoms with Crippen LogP contribution in [0.2, 0.25) is 0 Å². The van der Waals surface area contributed by atoms with Gasteiger partial charge in [-0.05, 0) is 43.4 Å². The van der Waals surface area contributed by atoms with Crippen LogP contribution in [0, 0.1) is 0 Å². The predicted molar refractivity (Wildman–Crippen MR) is 81.6 cm³/mol. The first-order valence-corrected chi connectivity index (χ1v) is 7.81. The fourth-order valence-electron chi connectivity index (χ4n) is 3.07. The van der Waals surface area contributed by atoms with Crippen molar-refractivity contribution >= 4 is 5.69 Å². The Morgan fingerprint density at radius 2 is 1.89 bits per heavy atom. The molecule has 1 heterocycles. The minimum Gasteiger partial charge on any atom is -0.388 e. The summed E-state index contributed by atoms with van der Waals surface area (Å²) in [5, 5.41) is 9.86. The fraction of sp³-hybridized carbons (Fsp3) is 0.647. The van der Waals surface area contributed by atoms with Crippen LogP contribution < -0.4 is 4.90 Å². The molecular weight excluding hydrogens is 234 g/mol. The number of aliphatic hydroxyl groups is 1. The molecule has 0 bridgehead atoms. The van der Waals surface area contributed by atoms with Gasteiger partial charge >= 0.3 is 0 Å². The number of benzene rings is 1. The van der Waals surface area contributed by atoms with Crippen LogP contribution in [0.1, 0.15) is 64.0 Å². The zero-order chi connectivity index (χ0) is 13.7. The van der Waals surface area contributed by atoms with Crippen molar-refractivity contribution in [3.05, 3.63) is 29.8 Å². The van der Waals surface area contributed by atoms with Crippen LogP contribution in [-0.2, 0) is 0 Å². The molecule has 1 N–H and O–H groups in total. The van der Waals surface area contributed by atoms with Crippen molar-refractivity contribution in [3.63, 3.8) is 0 Å². The van der Waals surface area contributed by atoms with Crippen LogP contribution in [0.4, 0.5) is 5.69 Å². The Bertz CT molecular complexity index is 373. The van der Waals surface area contributed by atoms with Gasteiger partial charge in [-0.1, -0.05) is 38.8 Å². The van der Waals surface area contributed by atoms with E-state index in [4.69, 9.17) is 0 Å². The summed E-state index contributed by atoms with van der Waals surface area (Å²) in [4.78, 5) is 2.56. The van der Waals surface area contributed by atoms with Gasteiger partial charge < -0.3 is 10.0 Å².